The molecule has 1 unspecified atom stereocenters. The van der Waals surface area contributed by atoms with Gasteiger partial charge in [-0.2, -0.15) is 11.8 Å². The third-order valence-corrected chi connectivity index (χ3v) is 4.12. The summed E-state index contributed by atoms with van der Waals surface area (Å²) in [4.78, 5) is 4.25. The van der Waals surface area contributed by atoms with E-state index in [2.05, 4.69) is 40.7 Å². The first-order valence-electron chi connectivity index (χ1n) is 5.49. The molecule has 0 amide bonds. The van der Waals surface area contributed by atoms with E-state index >= 15 is 0 Å². The molecule has 2 aromatic rings. The second kappa shape index (κ2) is 3.98. The zero-order chi connectivity index (χ0) is 11.0. The molecule has 1 aromatic heterocycles. The summed E-state index contributed by atoms with van der Waals surface area (Å²) < 4.78 is 2.31. The summed E-state index contributed by atoms with van der Waals surface area (Å²) in [5, 5.41) is 0. The van der Waals surface area contributed by atoms with Crippen LogP contribution in [0.4, 0.5) is 0 Å². The van der Waals surface area contributed by atoms with Gasteiger partial charge in [0.2, 0.25) is 0 Å². The summed E-state index contributed by atoms with van der Waals surface area (Å²) >= 11 is 1.99. The van der Waals surface area contributed by atoms with Gasteiger partial charge in [-0.25, -0.2) is 4.98 Å². The van der Waals surface area contributed by atoms with Gasteiger partial charge in [0, 0.05) is 23.4 Å². The molecule has 16 heavy (non-hydrogen) atoms. The fourth-order valence-corrected chi connectivity index (χ4v) is 3.25. The van der Waals surface area contributed by atoms with E-state index in [1.54, 1.807) is 0 Å². The van der Waals surface area contributed by atoms with Gasteiger partial charge in [-0.1, -0.05) is 29.8 Å². The number of aryl methyl sites for hydroxylation is 1. The number of hydrogen-bond acceptors (Lipinski definition) is 2. The Labute approximate surface area is 99.7 Å². The van der Waals surface area contributed by atoms with Crippen molar-refractivity contribution in [3.8, 4) is 0 Å². The van der Waals surface area contributed by atoms with Gasteiger partial charge in [0.25, 0.3) is 0 Å². The maximum Gasteiger partial charge on any atom is 0.0954 e. The Hall–Kier alpha value is -1.22. The SMILES string of the molecule is Cc1ccc(C2CSCc3cncn32)cc1. The highest BCUT2D eigenvalue weighted by Crippen LogP contribution is 2.31. The van der Waals surface area contributed by atoms with E-state index in [1.165, 1.54) is 16.8 Å². The van der Waals surface area contributed by atoms with Crippen molar-refractivity contribution in [1.82, 2.24) is 9.55 Å². The number of nitrogens with zero attached hydrogens (tertiary/aromatic N) is 2. The lowest BCUT2D eigenvalue weighted by Crippen LogP contribution is -2.18. The molecule has 0 saturated heterocycles. The second-order valence-corrected chi connectivity index (χ2v) is 5.26. The molecule has 0 bridgehead atoms. The minimum absolute atomic E-state index is 0.455. The summed E-state index contributed by atoms with van der Waals surface area (Å²) in [6.07, 6.45) is 3.94. The maximum atomic E-state index is 4.25. The van der Waals surface area contributed by atoms with Crippen LogP contribution in [0.5, 0.6) is 0 Å². The first-order chi connectivity index (χ1) is 7.84. The van der Waals surface area contributed by atoms with Gasteiger partial charge >= 0.3 is 0 Å². The molecular formula is C13H14N2S. The lowest BCUT2D eigenvalue weighted by Gasteiger charge is -2.25. The minimum atomic E-state index is 0.455. The van der Waals surface area contributed by atoms with Crippen molar-refractivity contribution in [2.75, 3.05) is 5.75 Å². The quantitative estimate of drug-likeness (QED) is 0.749. The summed E-state index contributed by atoms with van der Waals surface area (Å²) in [6, 6.07) is 9.29. The van der Waals surface area contributed by atoms with E-state index < -0.39 is 0 Å². The average molecular weight is 230 g/mol. The Balaban J connectivity index is 2.00. The van der Waals surface area contributed by atoms with Gasteiger partial charge in [-0.3, -0.25) is 0 Å². The molecule has 2 heterocycles. The standard InChI is InChI=1S/C13H14N2S/c1-10-2-4-11(5-3-10)13-8-16-7-12-6-14-9-15(12)13/h2-6,9,13H,7-8H2,1H3. The van der Waals surface area contributed by atoms with E-state index in [4.69, 9.17) is 0 Å². The summed E-state index contributed by atoms with van der Waals surface area (Å²) in [7, 11) is 0. The second-order valence-electron chi connectivity index (χ2n) is 4.23. The van der Waals surface area contributed by atoms with Crippen molar-refractivity contribution in [3.05, 3.63) is 53.6 Å². The van der Waals surface area contributed by atoms with Crippen LogP contribution in [-0.4, -0.2) is 15.3 Å². The Morgan fingerprint density at radius 3 is 2.94 bits per heavy atom. The predicted octanol–water partition coefficient (Wildman–Crippen LogP) is 3.03. The number of benzene rings is 1. The summed E-state index contributed by atoms with van der Waals surface area (Å²) in [6.45, 7) is 2.13. The number of imidazole rings is 1. The van der Waals surface area contributed by atoms with Crippen molar-refractivity contribution in [2.24, 2.45) is 0 Å². The van der Waals surface area contributed by atoms with E-state index in [1.807, 2.05) is 24.3 Å². The van der Waals surface area contributed by atoms with Crippen molar-refractivity contribution in [3.63, 3.8) is 0 Å². The molecule has 0 fully saturated rings. The van der Waals surface area contributed by atoms with Gasteiger partial charge in [-0.15, -0.1) is 0 Å². The van der Waals surface area contributed by atoms with Crippen LogP contribution in [0.25, 0.3) is 0 Å². The number of thioether (sulfide) groups is 1. The highest BCUT2D eigenvalue weighted by atomic mass is 32.2. The highest BCUT2D eigenvalue weighted by Gasteiger charge is 2.20. The number of hydrogen-bond donors (Lipinski definition) is 0. The molecule has 1 aromatic carbocycles. The number of rotatable bonds is 1. The first-order valence-corrected chi connectivity index (χ1v) is 6.65. The maximum absolute atomic E-state index is 4.25. The molecule has 2 nitrogen and oxygen atoms in total. The van der Waals surface area contributed by atoms with Crippen molar-refractivity contribution in [2.45, 2.75) is 18.7 Å². The van der Waals surface area contributed by atoms with Crippen LogP contribution in [-0.2, 0) is 5.75 Å². The van der Waals surface area contributed by atoms with Crippen LogP contribution < -0.4 is 0 Å². The minimum Gasteiger partial charge on any atom is -0.325 e. The van der Waals surface area contributed by atoms with E-state index in [0.717, 1.165) is 11.5 Å². The van der Waals surface area contributed by atoms with Gasteiger partial charge in [-0.05, 0) is 12.5 Å². The fraction of sp³-hybridized carbons (Fsp3) is 0.308. The van der Waals surface area contributed by atoms with Crippen LogP contribution in [0.3, 0.4) is 0 Å². The fourth-order valence-electron chi connectivity index (χ4n) is 2.13. The average Bonchev–Trinajstić information content (AvgIpc) is 2.78. The normalized spacial score (nSPS) is 19.4. The Kier molecular flexibility index (Phi) is 2.48. The molecule has 0 aliphatic carbocycles. The Bertz CT molecular complexity index is 487. The third-order valence-electron chi connectivity index (χ3n) is 3.07. The topological polar surface area (TPSA) is 17.8 Å². The molecule has 3 rings (SSSR count). The third kappa shape index (κ3) is 1.65. The van der Waals surface area contributed by atoms with Crippen LogP contribution in [0, 0.1) is 6.92 Å². The van der Waals surface area contributed by atoms with E-state index in [0.29, 0.717) is 6.04 Å². The number of fused-ring (bicyclic) bond motifs is 1. The van der Waals surface area contributed by atoms with Crippen molar-refractivity contribution < 1.29 is 0 Å². The zero-order valence-electron chi connectivity index (χ0n) is 9.26. The lowest BCUT2D eigenvalue weighted by atomic mass is 10.1. The molecule has 82 valence electrons. The molecule has 0 radical (unpaired) electrons. The molecule has 1 aliphatic heterocycles. The van der Waals surface area contributed by atoms with Gasteiger partial charge in [0.1, 0.15) is 0 Å². The first kappa shape index (κ1) is 9.97. The number of aromatic nitrogens is 2. The molecule has 3 heteroatoms. The smallest absolute Gasteiger partial charge is 0.0954 e. The molecule has 1 atom stereocenters. The highest BCUT2D eigenvalue weighted by molar-refractivity contribution is 7.98. The lowest BCUT2D eigenvalue weighted by molar-refractivity contribution is 0.618. The van der Waals surface area contributed by atoms with E-state index in [9.17, 15) is 0 Å². The largest absolute Gasteiger partial charge is 0.325 e. The summed E-state index contributed by atoms with van der Waals surface area (Å²) in [5.74, 6) is 2.23. The molecule has 1 aliphatic rings. The Morgan fingerprint density at radius 2 is 2.12 bits per heavy atom. The van der Waals surface area contributed by atoms with Crippen LogP contribution >= 0.6 is 11.8 Å². The monoisotopic (exact) mass is 230 g/mol. The van der Waals surface area contributed by atoms with Crippen molar-refractivity contribution >= 4 is 11.8 Å². The van der Waals surface area contributed by atoms with E-state index in [-0.39, 0.29) is 0 Å². The van der Waals surface area contributed by atoms with Gasteiger partial charge in [0.15, 0.2) is 0 Å². The van der Waals surface area contributed by atoms with Crippen LogP contribution in [0.2, 0.25) is 0 Å². The predicted molar refractivity (Wildman–Crippen MR) is 67.7 cm³/mol. The van der Waals surface area contributed by atoms with Crippen LogP contribution in [0.1, 0.15) is 22.9 Å². The van der Waals surface area contributed by atoms with Gasteiger partial charge in [0.05, 0.1) is 12.4 Å². The molecular weight excluding hydrogens is 216 g/mol. The molecule has 0 N–H and O–H groups in total. The van der Waals surface area contributed by atoms with Crippen molar-refractivity contribution in [1.29, 1.82) is 0 Å². The Morgan fingerprint density at radius 1 is 1.31 bits per heavy atom. The van der Waals surface area contributed by atoms with Crippen LogP contribution in [0.15, 0.2) is 36.8 Å². The summed E-state index contributed by atoms with van der Waals surface area (Å²) in [5.41, 5.74) is 4.04. The molecule has 0 saturated carbocycles. The van der Waals surface area contributed by atoms with Gasteiger partial charge < -0.3 is 4.57 Å². The molecule has 0 spiro atoms. The zero-order valence-corrected chi connectivity index (χ0v) is 10.1.